The predicted octanol–water partition coefficient (Wildman–Crippen LogP) is 3.35. The first-order chi connectivity index (χ1) is 12.5. The van der Waals surface area contributed by atoms with Crippen LogP contribution in [0.3, 0.4) is 0 Å². The van der Waals surface area contributed by atoms with E-state index in [9.17, 15) is 14.7 Å². The fourth-order valence-corrected chi connectivity index (χ4v) is 3.12. The van der Waals surface area contributed by atoms with E-state index in [0.717, 1.165) is 5.69 Å². The highest BCUT2D eigenvalue weighted by atomic mass is 16.5. The third kappa shape index (κ3) is 3.01. The van der Waals surface area contributed by atoms with Crippen molar-refractivity contribution < 1.29 is 24.2 Å². The summed E-state index contributed by atoms with van der Waals surface area (Å²) in [5, 5.41) is 9.84. The number of hydrogen-bond donors (Lipinski definition) is 2. The molecule has 0 spiro atoms. The normalized spacial score (nSPS) is 10.7. The quantitative estimate of drug-likeness (QED) is 0.664. The molecule has 0 amide bonds. The third-order valence-corrected chi connectivity index (χ3v) is 4.37. The van der Waals surface area contributed by atoms with Crippen LogP contribution in [0.5, 0.6) is 11.5 Å². The molecule has 134 valence electrons. The molecule has 0 unspecified atom stereocenters. The molecule has 0 aliphatic heterocycles. The summed E-state index contributed by atoms with van der Waals surface area (Å²) in [6.07, 6.45) is -0.179. The van der Waals surface area contributed by atoms with Gasteiger partial charge in [0.15, 0.2) is 5.78 Å². The van der Waals surface area contributed by atoms with Gasteiger partial charge in [0.2, 0.25) is 0 Å². The van der Waals surface area contributed by atoms with Crippen LogP contribution in [0.1, 0.15) is 27.2 Å². The standard InChI is InChI=1S/C20H19NO5/c1-11-14(10-17(22)23)18-15(21-11)8-9-16(26-3)19(18)20(24)12-4-6-13(25-2)7-5-12/h4-9,21H,10H2,1-3H3,(H,22,23). The second-order valence-electron chi connectivity index (χ2n) is 5.92. The Kier molecular flexibility index (Phi) is 4.67. The van der Waals surface area contributed by atoms with Crippen molar-refractivity contribution in [1.29, 1.82) is 0 Å². The molecule has 6 nitrogen and oxygen atoms in total. The average molecular weight is 353 g/mol. The second-order valence-corrected chi connectivity index (χ2v) is 5.92. The van der Waals surface area contributed by atoms with Crippen molar-refractivity contribution in [2.45, 2.75) is 13.3 Å². The zero-order valence-electron chi connectivity index (χ0n) is 14.8. The van der Waals surface area contributed by atoms with Crippen molar-refractivity contribution in [3.05, 3.63) is 58.8 Å². The highest BCUT2D eigenvalue weighted by molar-refractivity contribution is 6.19. The maximum absolute atomic E-state index is 13.2. The lowest BCUT2D eigenvalue weighted by atomic mass is 9.95. The first-order valence-electron chi connectivity index (χ1n) is 8.05. The molecule has 0 aliphatic carbocycles. The minimum atomic E-state index is -0.959. The number of nitrogens with one attached hydrogen (secondary N) is 1. The number of aromatic nitrogens is 1. The Bertz CT molecular complexity index is 986. The van der Waals surface area contributed by atoms with Gasteiger partial charge in [-0.2, -0.15) is 0 Å². The fourth-order valence-electron chi connectivity index (χ4n) is 3.12. The topological polar surface area (TPSA) is 88.6 Å². The number of carbonyl (C=O) groups excluding carboxylic acids is 1. The Hall–Kier alpha value is -3.28. The maximum Gasteiger partial charge on any atom is 0.307 e. The van der Waals surface area contributed by atoms with Crippen molar-refractivity contribution in [1.82, 2.24) is 4.98 Å². The largest absolute Gasteiger partial charge is 0.497 e. The number of carbonyl (C=O) groups is 2. The van der Waals surface area contributed by atoms with Gasteiger partial charge in [-0.25, -0.2) is 0 Å². The number of rotatable bonds is 6. The molecule has 0 fully saturated rings. The molecule has 26 heavy (non-hydrogen) atoms. The molecule has 0 saturated carbocycles. The minimum absolute atomic E-state index is 0.179. The van der Waals surface area contributed by atoms with Gasteiger partial charge in [-0.3, -0.25) is 9.59 Å². The van der Waals surface area contributed by atoms with Gasteiger partial charge >= 0.3 is 5.97 Å². The maximum atomic E-state index is 13.2. The highest BCUT2D eigenvalue weighted by Crippen LogP contribution is 2.34. The summed E-state index contributed by atoms with van der Waals surface area (Å²) in [6, 6.07) is 10.3. The number of ketones is 1. The van der Waals surface area contributed by atoms with Crippen LogP contribution in [0, 0.1) is 6.92 Å². The monoisotopic (exact) mass is 353 g/mol. The van der Waals surface area contributed by atoms with E-state index in [-0.39, 0.29) is 12.2 Å². The average Bonchev–Trinajstić information content (AvgIpc) is 2.95. The SMILES string of the molecule is COc1ccc(C(=O)c2c(OC)ccc3[nH]c(C)c(CC(=O)O)c23)cc1. The first-order valence-corrected chi connectivity index (χ1v) is 8.05. The number of carboxylic acid groups (broad SMARTS) is 1. The van der Waals surface area contributed by atoms with Crippen LogP contribution in [-0.4, -0.2) is 36.1 Å². The summed E-state index contributed by atoms with van der Waals surface area (Å²) >= 11 is 0. The molecule has 3 rings (SSSR count). The number of methoxy groups -OCH3 is 2. The fraction of sp³-hybridized carbons (Fsp3) is 0.200. The predicted molar refractivity (Wildman–Crippen MR) is 97.4 cm³/mol. The van der Waals surface area contributed by atoms with Crippen molar-refractivity contribution in [3.63, 3.8) is 0 Å². The Morgan fingerprint density at radius 3 is 2.31 bits per heavy atom. The molecule has 6 heteroatoms. The Morgan fingerprint density at radius 1 is 1.04 bits per heavy atom. The lowest BCUT2D eigenvalue weighted by Gasteiger charge is -2.11. The molecule has 0 bridgehead atoms. The summed E-state index contributed by atoms with van der Waals surface area (Å²) in [7, 11) is 3.05. The van der Waals surface area contributed by atoms with Crippen molar-refractivity contribution in [2.24, 2.45) is 0 Å². The van der Waals surface area contributed by atoms with E-state index < -0.39 is 5.97 Å². The molecule has 3 aromatic rings. The number of aryl methyl sites for hydroxylation is 1. The van der Waals surface area contributed by atoms with E-state index >= 15 is 0 Å². The first kappa shape index (κ1) is 17.5. The van der Waals surface area contributed by atoms with Crippen LogP contribution < -0.4 is 9.47 Å². The highest BCUT2D eigenvalue weighted by Gasteiger charge is 2.23. The Balaban J connectivity index is 2.24. The van der Waals surface area contributed by atoms with E-state index in [0.29, 0.717) is 39.1 Å². The van der Waals surface area contributed by atoms with Gasteiger partial charge in [-0.05, 0) is 48.9 Å². The van der Waals surface area contributed by atoms with E-state index in [1.54, 1.807) is 50.4 Å². The smallest absolute Gasteiger partial charge is 0.307 e. The Morgan fingerprint density at radius 2 is 1.73 bits per heavy atom. The van der Waals surface area contributed by atoms with Crippen molar-refractivity contribution >= 4 is 22.7 Å². The van der Waals surface area contributed by atoms with Crippen molar-refractivity contribution in [3.8, 4) is 11.5 Å². The van der Waals surface area contributed by atoms with Crippen LogP contribution in [0.25, 0.3) is 10.9 Å². The second kappa shape index (κ2) is 6.92. The zero-order chi connectivity index (χ0) is 18.8. The molecule has 0 aliphatic rings. The van der Waals surface area contributed by atoms with E-state index in [1.807, 2.05) is 0 Å². The molecular weight excluding hydrogens is 334 g/mol. The number of H-pyrrole nitrogens is 1. The number of benzene rings is 2. The number of aliphatic carboxylic acids is 1. The number of carboxylic acids is 1. The van der Waals surface area contributed by atoms with Gasteiger partial charge in [-0.15, -0.1) is 0 Å². The molecule has 1 aromatic heterocycles. The van der Waals surface area contributed by atoms with Crippen LogP contribution >= 0.6 is 0 Å². The molecule has 2 N–H and O–H groups in total. The molecule has 2 aromatic carbocycles. The molecular formula is C20H19NO5. The van der Waals surface area contributed by atoms with E-state index in [1.165, 1.54) is 7.11 Å². The van der Waals surface area contributed by atoms with Gasteiger partial charge in [0.1, 0.15) is 11.5 Å². The number of hydrogen-bond acceptors (Lipinski definition) is 4. The number of ether oxygens (including phenoxy) is 2. The molecule has 1 heterocycles. The Labute approximate surface area is 150 Å². The summed E-state index contributed by atoms with van der Waals surface area (Å²) in [6.45, 7) is 1.80. The lowest BCUT2D eigenvalue weighted by Crippen LogP contribution is -2.07. The molecule has 0 radical (unpaired) electrons. The summed E-state index contributed by atoms with van der Waals surface area (Å²) < 4.78 is 10.5. The van der Waals surface area contributed by atoms with E-state index in [4.69, 9.17) is 9.47 Å². The van der Waals surface area contributed by atoms with Crippen LogP contribution in [0.15, 0.2) is 36.4 Å². The van der Waals surface area contributed by atoms with Gasteiger partial charge in [0.05, 0.1) is 26.2 Å². The third-order valence-electron chi connectivity index (χ3n) is 4.37. The summed E-state index contributed by atoms with van der Waals surface area (Å²) in [5.74, 6) is -0.139. The van der Waals surface area contributed by atoms with Crippen LogP contribution in [-0.2, 0) is 11.2 Å². The zero-order valence-corrected chi connectivity index (χ0v) is 14.8. The van der Waals surface area contributed by atoms with Gasteiger partial charge < -0.3 is 19.6 Å². The summed E-state index contributed by atoms with van der Waals surface area (Å²) in [5.41, 5.74) is 2.84. The lowest BCUT2D eigenvalue weighted by molar-refractivity contribution is -0.136. The van der Waals surface area contributed by atoms with E-state index in [2.05, 4.69) is 4.98 Å². The summed E-state index contributed by atoms with van der Waals surface area (Å²) in [4.78, 5) is 27.7. The van der Waals surface area contributed by atoms with Crippen LogP contribution in [0.4, 0.5) is 0 Å². The van der Waals surface area contributed by atoms with Gasteiger partial charge in [0.25, 0.3) is 0 Å². The minimum Gasteiger partial charge on any atom is -0.497 e. The van der Waals surface area contributed by atoms with Gasteiger partial charge in [-0.1, -0.05) is 0 Å². The number of aromatic amines is 1. The van der Waals surface area contributed by atoms with Gasteiger partial charge in [0, 0.05) is 22.2 Å². The molecule has 0 saturated heterocycles. The van der Waals surface area contributed by atoms with Crippen LogP contribution in [0.2, 0.25) is 0 Å². The molecule has 0 atom stereocenters. The van der Waals surface area contributed by atoms with Crippen molar-refractivity contribution in [2.75, 3.05) is 14.2 Å². The number of fused-ring (bicyclic) bond motifs is 1.